The molecular weight excluding hydrogens is 685 g/mol. The Morgan fingerprint density at radius 2 is 0.906 bits per heavy atom. The number of benzene rings is 7. The number of para-hydroxylation sites is 1. The smallest absolute Gasteiger partial charge is 0.125 e. The second-order valence-electron chi connectivity index (χ2n) is 12.5. The maximum atomic E-state index is 5.32. The van der Waals surface area contributed by atoms with Crippen LogP contribution in [0.15, 0.2) is 170 Å². The zero-order valence-corrected chi connectivity index (χ0v) is 30.9. The largest absolute Gasteiger partial charge is 0.299 e. The summed E-state index contributed by atoms with van der Waals surface area (Å²) >= 11 is 3.50. The Labute approximate surface area is 316 Å². The van der Waals surface area contributed by atoms with E-state index >= 15 is 0 Å². The molecule has 0 atom stereocenters. The molecule has 254 valence electrons. The fourth-order valence-electron chi connectivity index (χ4n) is 6.98. The lowest BCUT2D eigenvalue weighted by Crippen LogP contribution is -1.90. The summed E-state index contributed by atoms with van der Waals surface area (Å²) in [6.07, 6.45) is 1.91. The van der Waals surface area contributed by atoms with Crippen molar-refractivity contribution in [3.63, 3.8) is 0 Å². The molecule has 0 N–H and O–H groups in total. The third kappa shape index (κ3) is 5.92. The molecular formula is C47H34N4S2. The van der Waals surface area contributed by atoms with Crippen LogP contribution < -0.4 is 0 Å². The van der Waals surface area contributed by atoms with Gasteiger partial charge in [0.1, 0.15) is 16.3 Å². The first-order valence-corrected chi connectivity index (χ1v) is 19.5. The lowest BCUT2D eigenvalue weighted by atomic mass is 10.00. The van der Waals surface area contributed by atoms with Gasteiger partial charge in [-0.25, -0.2) is 15.0 Å². The van der Waals surface area contributed by atoms with Gasteiger partial charge in [-0.1, -0.05) is 147 Å². The van der Waals surface area contributed by atoms with Gasteiger partial charge in [0.25, 0.3) is 0 Å². The van der Waals surface area contributed by atoms with Crippen LogP contribution >= 0.6 is 22.7 Å². The van der Waals surface area contributed by atoms with Gasteiger partial charge >= 0.3 is 0 Å². The number of fused-ring (bicyclic) bond motifs is 3. The number of nitrogens with zero attached hydrogens (tertiary/aromatic N) is 4. The average Bonchev–Trinajstić information content (AvgIpc) is 3.98. The van der Waals surface area contributed by atoms with Crippen LogP contribution in [-0.2, 0) is 0 Å². The highest BCUT2D eigenvalue weighted by atomic mass is 32.1. The highest BCUT2D eigenvalue weighted by molar-refractivity contribution is 7.25. The summed E-state index contributed by atoms with van der Waals surface area (Å²) in [6.45, 7) is 4.00. The molecule has 53 heavy (non-hydrogen) atoms. The summed E-state index contributed by atoms with van der Waals surface area (Å²) in [5, 5.41) is 1.99. The molecule has 3 aromatic heterocycles. The Bertz CT molecular complexity index is 2720. The molecule has 10 rings (SSSR count). The maximum Gasteiger partial charge on any atom is 0.125 e. The fraction of sp³-hybridized carbons (Fsp3) is 0.0426. The second kappa shape index (κ2) is 14.1. The van der Waals surface area contributed by atoms with E-state index in [4.69, 9.17) is 15.0 Å². The lowest BCUT2D eigenvalue weighted by molar-refractivity contribution is 1.09. The Kier molecular flexibility index (Phi) is 8.68. The van der Waals surface area contributed by atoms with Crippen molar-refractivity contribution in [3.8, 4) is 60.2 Å². The van der Waals surface area contributed by atoms with Crippen molar-refractivity contribution >= 4 is 54.1 Å². The zero-order valence-electron chi connectivity index (χ0n) is 29.3. The van der Waals surface area contributed by atoms with E-state index < -0.39 is 0 Å². The van der Waals surface area contributed by atoms with E-state index in [-0.39, 0.29) is 0 Å². The van der Waals surface area contributed by atoms with Gasteiger partial charge in [0.2, 0.25) is 0 Å². The van der Waals surface area contributed by atoms with E-state index in [9.17, 15) is 0 Å². The Hall–Kier alpha value is -6.21. The molecule has 3 heterocycles. The summed E-state index contributed by atoms with van der Waals surface area (Å²) in [4.78, 5) is 15.5. The number of rotatable bonds is 6. The summed E-state index contributed by atoms with van der Waals surface area (Å²) < 4.78 is 4.44. The van der Waals surface area contributed by atoms with Crippen LogP contribution in [0, 0.1) is 0 Å². The van der Waals surface area contributed by atoms with Gasteiger partial charge in [0.05, 0.1) is 31.5 Å². The normalized spacial score (nSPS) is 11.2. The maximum absolute atomic E-state index is 5.32. The predicted octanol–water partition coefficient (Wildman–Crippen LogP) is 13.6. The average molecular weight is 719 g/mol. The molecule has 6 heteroatoms. The van der Waals surface area contributed by atoms with Crippen LogP contribution in [0.2, 0.25) is 0 Å². The van der Waals surface area contributed by atoms with Crippen LogP contribution in [-0.4, -0.2) is 19.5 Å². The molecule has 0 spiro atoms. The minimum absolute atomic E-state index is 0.944. The molecule has 0 bridgehead atoms. The first-order valence-electron chi connectivity index (χ1n) is 17.9. The summed E-state index contributed by atoms with van der Waals surface area (Å²) in [7, 11) is 0. The first kappa shape index (κ1) is 32.7. The van der Waals surface area contributed by atoms with E-state index in [1.165, 1.54) is 22.3 Å². The molecule has 0 aliphatic carbocycles. The van der Waals surface area contributed by atoms with Crippen molar-refractivity contribution in [1.82, 2.24) is 19.5 Å². The second-order valence-corrected chi connectivity index (χ2v) is 14.5. The highest BCUT2D eigenvalue weighted by Gasteiger charge is 2.22. The van der Waals surface area contributed by atoms with Crippen LogP contribution in [0.4, 0.5) is 0 Å². The van der Waals surface area contributed by atoms with Crippen LogP contribution in [0.1, 0.15) is 13.8 Å². The monoisotopic (exact) mass is 718 g/mol. The summed E-state index contributed by atoms with van der Waals surface area (Å²) in [6, 6.07) is 57.4. The highest BCUT2D eigenvalue weighted by Crippen LogP contribution is 2.47. The van der Waals surface area contributed by atoms with Gasteiger partial charge in [-0.15, -0.1) is 22.7 Å². The number of thiazole rings is 2. The number of imidazole rings is 1. The minimum atomic E-state index is 0.944. The van der Waals surface area contributed by atoms with Crippen LogP contribution in [0.3, 0.4) is 0 Å². The molecule has 10 aromatic rings. The van der Waals surface area contributed by atoms with Crippen molar-refractivity contribution in [1.29, 1.82) is 0 Å². The molecule has 0 fully saturated rings. The molecule has 0 aliphatic rings. The quantitative estimate of drug-likeness (QED) is 0.172. The molecule has 0 saturated carbocycles. The van der Waals surface area contributed by atoms with Crippen molar-refractivity contribution in [3.05, 3.63) is 170 Å². The molecule has 4 nitrogen and oxygen atoms in total. The Morgan fingerprint density at radius 1 is 0.434 bits per heavy atom. The standard InChI is InChI=1S/C45H28N4S2.C2H6/c1-4-14-29(15-5-1)33-20-10-12-22-35(33)44-47-38-27-39-43(51-45(48-39)36-23-13-11-21-34(36)30-16-6-2-7-17-30)41(42(38)50-44)31-24-25-40-37(26-31)46-28-49(40)32-18-8-3-9-19-32;1-2/h1-28H;1-2H3. The van der Waals surface area contributed by atoms with Gasteiger partial charge in [0.15, 0.2) is 0 Å². The van der Waals surface area contributed by atoms with Crippen molar-refractivity contribution < 1.29 is 0 Å². The SMILES string of the molecule is CC.c1ccc(-c2ccccc2-c2nc3cc4nc(-c5ccccc5-c5ccccc5)sc4c(-c4ccc5c(c4)ncn5-c4ccccc4)c3s2)cc1. The lowest BCUT2D eigenvalue weighted by Gasteiger charge is -2.08. The van der Waals surface area contributed by atoms with Gasteiger partial charge in [-0.3, -0.25) is 4.57 Å². The summed E-state index contributed by atoms with van der Waals surface area (Å²) in [5.41, 5.74) is 14.2. The molecule has 0 amide bonds. The van der Waals surface area contributed by atoms with Gasteiger partial charge in [0, 0.05) is 22.4 Å². The molecule has 0 radical (unpaired) electrons. The van der Waals surface area contributed by atoms with Gasteiger partial charge in [-0.2, -0.15) is 0 Å². The molecule has 7 aromatic carbocycles. The number of hydrogen-bond acceptors (Lipinski definition) is 5. The van der Waals surface area contributed by atoms with E-state index in [0.717, 1.165) is 69.4 Å². The Balaban J connectivity index is 0.00000183. The Morgan fingerprint density at radius 3 is 1.43 bits per heavy atom. The molecule has 0 unspecified atom stereocenters. The fourth-order valence-corrected chi connectivity index (χ4v) is 9.36. The van der Waals surface area contributed by atoms with Crippen molar-refractivity contribution in [2.24, 2.45) is 0 Å². The number of aromatic nitrogens is 4. The van der Waals surface area contributed by atoms with Gasteiger partial charge in [-0.05, 0) is 58.1 Å². The van der Waals surface area contributed by atoms with Crippen molar-refractivity contribution in [2.75, 3.05) is 0 Å². The van der Waals surface area contributed by atoms with E-state index in [0.29, 0.717) is 0 Å². The van der Waals surface area contributed by atoms with E-state index in [1.807, 2.05) is 26.2 Å². The molecule has 0 saturated heterocycles. The molecule has 0 aliphatic heterocycles. The number of hydrogen-bond donors (Lipinski definition) is 0. The third-order valence-corrected chi connectivity index (χ3v) is 11.6. The van der Waals surface area contributed by atoms with E-state index in [2.05, 4.69) is 162 Å². The zero-order chi connectivity index (χ0) is 35.7. The summed E-state index contributed by atoms with van der Waals surface area (Å²) in [5.74, 6) is 0. The topological polar surface area (TPSA) is 43.6 Å². The minimum Gasteiger partial charge on any atom is -0.299 e. The van der Waals surface area contributed by atoms with Crippen LogP contribution in [0.5, 0.6) is 0 Å². The van der Waals surface area contributed by atoms with Crippen LogP contribution in [0.25, 0.3) is 91.7 Å². The van der Waals surface area contributed by atoms with Gasteiger partial charge < -0.3 is 0 Å². The predicted molar refractivity (Wildman–Crippen MR) is 226 cm³/mol. The van der Waals surface area contributed by atoms with Crippen molar-refractivity contribution in [2.45, 2.75) is 13.8 Å². The third-order valence-electron chi connectivity index (χ3n) is 9.39. The first-order chi connectivity index (χ1) is 26.3. The van der Waals surface area contributed by atoms with E-state index in [1.54, 1.807) is 22.7 Å².